The molecule has 8 nitrogen and oxygen atoms in total. The van der Waals surface area contributed by atoms with Crippen molar-refractivity contribution in [2.45, 2.75) is 20.8 Å². The fraction of sp³-hybridized carbons (Fsp3) is 0.250. The molecule has 0 atom stereocenters. The summed E-state index contributed by atoms with van der Waals surface area (Å²) in [5.74, 6) is 1.84. The first kappa shape index (κ1) is 22.6. The van der Waals surface area contributed by atoms with Gasteiger partial charge in [-0.3, -0.25) is 9.78 Å². The molecule has 2 aromatic carbocycles. The minimum atomic E-state index is -0.538. The van der Waals surface area contributed by atoms with Crippen LogP contribution in [0, 0.1) is 17.2 Å². The molecular weight excluding hydrogens is 406 g/mol. The number of hydrogen-bond donors (Lipinski definition) is 2. The summed E-state index contributed by atoms with van der Waals surface area (Å²) in [7, 11) is 0. The Morgan fingerprint density at radius 2 is 1.97 bits per heavy atom. The Morgan fingerprint density at radius 1 is 1.19 bits per heavy atom. The van der Waals surface area contributed by atoms with Crippen LogP contribution in [-0.2, 0) is 0 Å². The molecule has 164 valence electrons. The van der Waals surface area contributed by atoms with Crippen molar-refractivity contribution in [2.24, 2.45) is 11.0 Å². The number of rotatable bonds is 9. The van der Waals surface area contributed by atoms with Crippen molar-refractivity contribution >= 4 is 12.2 Å². The molecule has 3 aromatic rings. The Labute approximate surface area is 186 Å². The zero-order chi connectivity index (χ0) is 22.9. The van der Waals surface area contributed by atoms with Crippen molar-refractivity contribution in [2.75, 3.05) is 18.6 Å². The molecule has 0 bridgehead atoms. The molecule has 32 heavy (non-hydrogen) atoms. The molecular formula is C24H25N5O3. The average Bonchev–Trinajstić information content (AvgIpc) is 2.79. The van der Waals surface area contributed by atoms with Gasteiger partial charge >= 0.3 is 0 Å². The number of ether oxygens (including phenoxy) is 2. The Kier molecular flexibility index (Phi) is 7.60. The van der Waals surface area contributed by atoms with Crippen LogP contribution in [0.1, 0.15) is 31.9 Å². The fourth-order valence-corrected chi connectivity index (χ4v) is 2.85. The molecule has 0 radical (unpaired) electrons. The Bertz CT molecular complexity index is 1180. The van der Waals surface area contributed by atoms with E-state index in [1.807, 2.05) is 49.4 Å². The molecule has 1 aromatic heterocycles. The number of anilines is 1. The number of nitriles is 1. The summed E-state index contributed by atoms with van der Waals surface area (Å²) in [5, 5.41) is 13.5. The van der Waals surface area contributed by atoms with Crippen molar-refractivity contribution < 1.29 is 9.47 Å². The molecule has 2 N–H and O–H groups in total. The Morgan fingerprint density at radius 3 is 2.66 bits per heavy atom. The third kappa shape index (κ3) is 5.73. The number of aromatic amines is 1. The molecule has 8 heteroatoms. The molecule has 0 spiro atoms. The van der Waals surface area contributed by atoms with Gasteiger partial charge in [-0.05, 0) is 36.6 Å². The zero-order valence-electron chi connectivity index (χ0n) is 18.3. The van der Waals surface area contributed by atoms with Gasteiger partial charge in [0.1, 0.15) is 11.6 Å². The molecule has 0 aliphatic heterocycles. The van der Waals surface area contributed by atoms with Crippen molar-refractivity contribution in [3.05, 3.63) is 70.0 Å². The van der Waals surface area contributed by atoms with E-state index in [0.29, 0.717) is 41.9 Å². The zero-order valence-corrected chi connectivity index (χ0v) is 18.3. The number of aromatic nitrogens is 2. The highest BCUT2D eigenvalue weighted by Gasteiger charge is 2.13. The maximum absolute atomic E-state index is 12.3. The van der Waals surface area contributed by atoms with Gasteiger partial charge in [-0.1, -0.05) is 44.2 Å². The molecule has 0 aliphatic carbocycles. The second kappa shape index (κ2) is 10.8. The normalized spacial score (nSPS) is 10.8. The summed E-state index contributed by atoms with van der Waals surface area (Å²) >= 11 is 0. The van der Waals surface area contributed by atoms with Crippen LogP contribution in [0.15, 0.2) is 58.4 Å². The lowest BCUT2D eigenvalue weighted by Crippen LogP contribution is -2.16. The Hall–Kier alpha value is -4.12. The van der Waals surface area contributed by atoms with Crippen molar-refractivity contribution in [1.82, 2.24) is 9.97 Å². The van der Waals surface area contributed by atoms with E-state index in [1.165, 1.54) is 0 Å². The van der Waals surface area contributed by atoms with Crippen molar-refractivity contribution in [3.8, 4) is 28.8 Å². The summed E-state index contributed by atoms with van der Waals surface area (Å²) in [6, 6.07) is 16.5. The predicted molar refractivity (Wildman–Crippen MR) is 124 cm³/mol. The maximum Gasteiger partial charge on any atom is 0.270 e. The first-order chi connectivity index (χ1) is 15.5. The number of benzene rings is 2. The molecule has 3 rings (SSSR count). The molecule has 0 amide bonds. The molecule has 0 saturated carbocycles. The molecule has 0 saturated heterocycles. The van der Waals surface area contributed by atoms with E-state index in [9.17, 15) is 10.1 Å². The molecule has 0 fully saturated rings. The van der Waals surface area contributed by atoms with Crippen molar-refractivity contribution in [3.63, 3.8) is 0 Å². The first-order valence-electron chi connectivity index (χ1n) is 10.3. The van der Waals surface area contributed by atoms with Crippen LogP contribution in [0.3, 0.4) is 0 Å². The molecule has 1 heterocycles. The van der Waals surface area contributed by atoms with Crippen molar-refractivity contribution in [1.29, 1.82) is 5.26 Å². The second-order valence-corrected chi connectivity index (χ2v) is 7.33. The van der Waals surface area contributed by atoms with Gasteiger partial charge in [0, 0.05) is 5.56 Å². The van der Waals surface area contributed by atoms with Crippen LogP contribution in [0.2, 0.25) is 0 Å². The van der Waals surface area contributed by atoms with Gasteiger partial charge in [0.15, 0.2) is 11.5 Å². The maximum atomic E-state index is 12.3. The third-order valence-corrected chi connectivity index (χ3v) is 4.30. The highest BCUT2D eigenvalue weighted by Crippen LogP contribution is 2.28. The molecule has 0 aliphatic rings. The fourth-order valence-electron chi connectivity index (χ4n) is 2.85. The van der Waals surface area contributed by atoms with Crippen LogP contribution in [0.25, 0.3) is 11.3 Å². The summed E-state index contributed by atoms with van der Waals surface area (Å²) in [5.41, 5.74) is 3.87. The Balaban J connectivity index is 1.81. The number of hydrogen-bond acceptors (Lipinski definition) is 7. The van der Waals surface area contributed by atoms with Gasteiger partial charge in [0.2, 0.25) is 5.95 Å². The third-order valence-electron chi connectivity index (χ3n) is 4.30. The summed E-state index contributed by atoms with van der Waals surface area (Å²) in [6.07, 6.45) is 1.58. The van der Waals surface area contributed by atoms with Gasteiger partial charge in [-0.25, -0.2) is 10.4 Å². The first-order valence-corrected chi connectivity index (χ1v) is 10.3. The van der Waals surface area contributed by atoms with Gasteiger partial charge < -0.3 is 9.47 Å². The average molecular weight is 431 g/mol. The SMILES string of the molecule is CCOc1cc(C=NNc2nc(-c3ccccc3)c(C#N)c(=O)[nH]2)ccc1OCC(C)C. The van der Waals surface area contributed by atoms with Gasteiger partial charge in [-0.2, -0.15) is 10.4 Å². The lowest BCUT2D eigenvalue weighted by molar-refractivity contribution is 0.248. The van der Waals surface area contributed by atoms with Gasteiger partial charge in [0.05, 0.1) is 25.1 Å². The second-order valence-electron chi connectivity index (χ2n) is 7.33. The van der Waals surface area contributed by atoms with Crippen LogP contribution in [0.4, 0.5) is 5.95 Å². The number of hydrazone groups is 1. The van der Waals surface area contributed by atoms with E-state index in [0.717, 1.165) is 5.56 Å². The number of nitrogens with one attached hydrogen (secondary N) is 2. The largest absolute Gasteiger partial charge is 0.490 e. The highest BCUT2D eigenvalue weighted by atomic mass is 16.5. The van der Waals surface area contributed by atoms with Crippen LogP contribution in [0.5, 0.6) is 11.5 Å². The number of H-pyrrole nitrogens is 1. The summed E-state index contributed by atoms with van der Waals surface area (Å²) < 4.78 is 11.5. The number of nitrogens with zero attached hydrogens (tertiary/aromatic N) is 3. The topological polar surface area (TPSA) is 112 Å². The van der Waals surface area contributed by atoms with E-state index in [1.54, 1.807) is 18.3 Å². The lowest BCUT2D eigenvalue weighted by atomic mass is 10.1. The summed E-state index contributed by atoms with van der Waals surface area (Å²) in [6.45, 7) is 7.17. The minimum absolute atomic E-state index is 0.0518. The predicted octanol–water partition coefficient (Wildman–Crippen LogP) is 4.19. The monoisotopic (exact) mass is 431 g/mol. The highest BCUT2D eigenvalue weighted by molar-refractivity contribution is 5.81. The van der Waals surface area contributed by atoms with Gasteiger partial charge in [0.25, 0.3) is 5.56 Å². The molecule has 0 unspecified atom stereocenters. The van der Waals surface area contributed by atoms with Gasteiger partial charge in [-0.15, -0.1) is 0 Å². The van der Waals surface area contributed by atoms with Crippen LogP contribution < -0.4 is 20.5 Å². The minimum Gasteiger partial charge on any atom is -0.490 e. The van der Waals surface area contributed by atoms with E-state index in [2.05, 4.69) is 34.3 Å². The smallest absolute Gasteiger partial charge is 0.270 e. The lowest BCUT2D eigenvalue weighted by Gasteiger charge is -2.13. The quantitative estimate of drug-likeness (QED) is 0.388. The van der Waals surface area contributed by atoms with E-state index in [4.69, 9.17) is 9.47 Å². The summed E-state index contributed by atoms with van der Waals surface area (Å²) in [4.78, 5) is 19.2. The van der Waals surface area contributed by atoms with E-state index < -0.39 is 5.56 Å². The van der Waals surface area contributed by atoms with E-state index >= 15 is 0 Å². The van der Waals surface area contributed by atoms with Crippen LogP contribution in [-0.4, -0.2) is 29.4 Å². The standard InChI is InChI=1S/C24H25N5O3/c1-4-31-21-12-17(10-11-20(21)32-15-16(2)3)14-26-29-24-27-22(18-8-6-5-7-9-18)19(13-25)23(30)28-24/h5-12,14,16H,4,15H2,1-3H3,(H2,27,28,29,30). The van der Waals surface area contributed by atoms with Crippen LogP contribution >= 0.6 is 0 Å². The van der Waals surface area contributed by atoms with E-state index in [-0.39, 0.29) is 11.5 Å².